The third-order valence-electron chi connectivity index (χ3n) is 14.5. The van der Waals surface area contributed by atoms with Gasteiger partial charge in [-0.05, 0) is 116 Å². The van der Waals surface area contributed by atoms with Gasteiger partial charge in [-0.15, -0.1) is 0 Å². The Morgan fingerprint density at radius 3 is 2.46 bits per heavy atom. The Morgan fingerprint density at radius 2 is 1.65 bits per heavy atom. The molecule has 2 amide bonds. The molecule has 4 aliphatic carbocycles. The number of halogens is 1. The number of aliphatic hydroxyl groups is 1. The first-order valence-corrected chi connectivity index (χ1v) is 19.7. The fourth-order valence-corrected chi connectivity index (χ4v) is 11.6. The van der Waals surface area contributed by atoms with Crippen LogP contribution in [0.3, 0.4) is 0 Å². The molecule has 1 saturated heterocycles. The number of carbonyl (C=O) groups is 2. The third kappa shape index (κ3) is 6.27. The number of hydrogen-bond acceptors (Lipinski definition) is 6. The van der Waals surface area contributed by atoms with E-state index in [9.17, 15) is 19.5 Å². The van der Waals surface area contributed by atoms with Gasteiger partial charge in [-0.25, -0.2) is 9.49 Å². The van der Waals surface area contributed by atoms with Crippen molar-refractivity contribution in [2.45, 2.75) is 96.7 Å². The maximum atomic E-state index is 15.0. The molecule has 5 fully saturated rings. The van der Waals surface area contributed by atoms with E-state index in [1.54, 1.807) is 34.1 Å². The highest BCUT2D eigenvalue weighted by atomic mass is 19.1. The first-order valence-electron chi connectivity index (χ1n) is 19.7. The van der Waals surface area contributed by atoms with Crippen LogP contribution in [0.15, 0.2) is 47.3 Å². The van der Waals surface area contributed by atoms with Crippen molar-refractivity contribution in [3.8, 4) is 0 Å². The van der Waals surface area contributed by atoms with Gasteiger partial charge in [0, 0.05) is 38.0 Å². The van der Waals surface area contributed by atoms with Crippen molar-refractivity contribution >= 4 is 22.6 Å². The maximum Gasteiger partial charge on any atom is 0.272 e. The van der Waals surface area contributed by atoms with E-state index in [1.165, 1.54) is 38.2 Å². The van der Waals surface area contributed by atoms with Crippen LogP contribution in [0.2, 0.25) is 0 Å². The molecule has 2 aromatic carbocycles. The second kappa shape index (κ2) is 14.0. The predicted octanol–water partition coefficient (Wildman–Crippen LogP) is 6.12. The fourth-order valence-electron chi connectivity index (χ4n) is 11.6. The molecule has 52 heavy (non-hydrogen) atoms. The van der Waals surface area contributed by atoms with Crippen LogP contribution in [0, 0.1) is 40.3 Å². The van der Waals surface area contributed by atoms with Gasteiger partial charge in [0.15, 0.2) is 0 Å². The average Bonchev–Trinajstić information content (AvgIpc) is 3.49. The quantitative estimate of drug-likeness (QED) is 0.305. The SMILES string of the molecule is C[C@]12CCC(O)C[C@@H]1CC[C@@H]1[C@@H]2CC[C@]2(C)[C@@H](OCCC(=O)N3CCN(C(=O)c4cc(Cc5n[nH]c(=O)c6ccccc56)ccc4F)CC3)CC[C@@H]12. The molecular formula is C42H53FN4O5. The number of benzene rings is 2. The zero-order valence-corrected chi connectivity index (χ0v) is 30.6. The molecule has 1 unspecified atom stereocenters. The van der Waals surface area contributed by atoms with Crippen LogP contribution in [-0.4, -0.2) is 81.9 Å². The summed E-state index contributed by atoms with van der Waals surface area (Å²) >= 11 is 0. The summed E-state index contributed by atoms with van der Waals surface area (Å²) < 4.78 is 21.6. The van der Waals surface area contributed by atoms with Gasteiger partial charge in [-0.3, -0.25) is 14.4 Å². The third-order valence-corrected chi connectivity index (χ3v) is 14.5. The van der Waals surface area contributed by atoms with Crippen molar-refractivity contribution in [1.29, 1.82) is 0 Å². The number of piperazine rings is 1. The van der Waals surface area contributed by atoms with E-state index in [0.717, 1.165) is 42.9 Å². The van der Waals surface area contributed by atoms with E-state index < -0.39 is 11.7 Å². The van der Waals surface area contributed by atoms with Crippen molar-refractivity contribution in [1.82, 2.24) is 20.0 Å². The summed E-state index contributed by atoms with van der Waals surface area (Å²) in [5, 5.41) is 18.4. The van der Waals surface area contributed by atoms with E-state index in [0.29, 0.717) is 79.5 Å². The number of hydrogen-bond donors (Lipinski definition) is 2. The van der Waals surface area contributed by atoms with Crippen LogP contribution in [0.1, 0.15) is 99.7 Å². The summed E-state index contributed by atoms with van der Waals surface area (Å²) in [6, 6.07) is 11.7. The summed E-state index contributed by atoms with van der Waals surface area (Å²) in [4.78, 5) is 42.4. The highest BCUT2D eigenvalue weighted by Gasteiger charge is 2.60. The average molecular weight is 713 g/mol. The molecule has 10 heteroatoms. The lowest BCUT2D eigenvalue weighted by molar-refractivity contribution is -0.145. The Kier molecular flexibility index (Phi) is 9.51. The molecule has 1 aromatic heterocycles. The number of nitrogens with zero attached hydrogens (tertiary/aromatic N) is 3. The van der Waals surface area contributed by atoms with Crippen LogP contribution < -0.4 is 5.56 Å². The minimum Gasteiger partial charge on any atom is -0.393 e. The molecule has 4 saturated carbocycles. The number of nitrogens with one attached hydrogen (secondary N) is 1. The number of ether oxygens (including phenoxy) is 1. The van der Waals surface area contributed by atoms with Crippen LogP contribution in [-0.2, 0) is 16.0 Å². The molecule has 8 rings (SSSR count). The molecule has 2 heterocycles. The van der Waals surface area contributed by atoms with E-state index in [-0.39, 0.29) is 34.7 Å². The van der Waals surface area contributed by atoms with Gasteiger partial charge in [-0.2, -0.15) is 5.10 Å². The lowest BCUT2D eigenvalue weighted by Crippen LogP contribution is -2.54. The molecule has 0 radical (unpaired) electrons. The number of rotatable bonds is 7. The van der Waals surface area contributed by atoms with Crippen molar-refractivity contribution in [2.24, 2.45) is 34.5 Å². The molecule has 8 atom stereocenters. The summed E-state index contributed by atoms with van der Waals surface area (Å²) in [5.41, 5.74) is 1.60. The van der Waals surface area contributed by atoms with Crippen molar-refractivity contribution in [3.05, 3.63) is 75.5 Å². The summed E-state index contributed by atoms with van der Waals surface area (Å²) in [6.45, 7) is 6.87. The normalized spacial score (nSPS) is 33.0. The lowest BCUT2D eigenvalue weighted by Gasteiger charge is -2.60. The second-order valence-electron chi connectivity index (χ2n) is 17.0. The fraction of sp³-hybridized carbons (Fsp3) is 0.619. The lowest BCUT2D eigenvalue weighted by atomic mass is 9.45. The van der Waals surface area contributed by atoms with E-state index in [2.05, 4.69) is 24.0 Å². The Labute approximate surface area is 305 Å². The van der Waals surface area contributed by atoms with E-state index >= 15 is 4.39 Å². The molecule has 1 aliphatic heterocycles. The summed E-state index contributed by atoms with van der Waals surface area (Å²) in [5.74, 6) is 1.89. The Hall–Kier alpha value is -3.63. The van der Waals surface area contributed by atoms with Crippen LogP contribution in [0.25, 0.3) is 10.8 Å². The van der Waals surface area contributed by atoms with Crippen LogP contribution in [0.4, 0.5) is 4.39 Å². The van der Waals surface area contributed by atoms with Crippen molar-refractivity contribution < 1.29 is 23.8 Å². The molecule has 0 bridgehead atoms. The zero-order valence-electron chi connectivity index (χ0n) is 30.6. The first kappa shape index (κ1) is 35.4. The Balaban J connectivity index is 0.829. The molecule has 5 aliphatic rings. The number of aromatic nitrogens is 2. The molecule has 2 N–H and O–H groups in total. The molecule has 9 nitrogen and oxygen atoms in total. The standard InChI is InChI=1S/C42H53FN4O5/c1-41-16-13-28(48)25-27(41)8-9-31-33-10-12-37(42(33,2)17-14-34(31)41)52-22-15-38(49)46-18-20-47(21-19-46)40(51)32-23-26(7-11-35(32)43)24-36-29-5-3-4-6-30(29)39(50)45-44-36/h3-7,11,23,27-28,31,33-34,37,48H,8-10,12-22,24-25H2,1-2H3,(H,45,50)/t27-,28?,31-,33-,34-,37-,41-,42-/m0/s1. The van der Waals surface area contributed by atoms with Gasteiger partial charge in [0.2, 0.25) is 5.91 Å². The number of aromatic amines is 1. The number of carbonyl (C=O) groups excluding carboxylic acids is 2. The van der Waals surface area contributed by atoms with Gasteiger partial charge in [0.05, 0.1) is 41.9 Å². The smallest absolute Gasteiger partial charge is 0.272 e. The topological polar surface area (TPSA) is 116 Å². The molecule has 3 aromatic rings. The van der Waals surface area contributed by atoms with Crippen molar-refractivity contribution in [3.63, 3.8) is 0 Å². The second-order valence-corrected chi connectivity index (χ2v) is 17.0. The first-order chi connectivity index (χ1) is 25.0. The Bertz CT molecular complexity index is 1890. The van der Waals surface area contributed by atoms with E-state index in [4.69, 9.17) is 4.74 Å². The van der Waals surface area contributed by atoms with Crippen molar-refractivity contribution in [2.75, 3.05) is 32.8 Å². The molecule has 0 spiro atoms. The Morgan fingerprint density at radius 1 is 0.923 bits per heavy atom. The molecule has 278 valence electrons. The van der Waals surface area contributed by atoms with Crippen LogP contribution in [0.5, 0.6) is 0 Å². The van der Waals surface area contributed by atoms with Gasteiger partial charge in [0.25, 0.3) is 11.5 Å². The number of aliphatic hydroxyl groups excluding tert-OH is 1. The maximum absolute atomic E-state index is 15.0. The largest absolute Gasteiger partial charge is 0.393 e. The zero-order chi connectivity index (χ0) is 36.2. The van der Waals surface area contributed by atoms with Gasteiger partial charge < -0.3 is 19.6 Å². The number of H-pyrrole nitrogens is 1. The predicted molar refractivity (Wildman–Crippen MR) is 196 cm³/mol. The summed E-state index contributed by atoms with van der Waals surface area (Å²) in [7, 11) is 0. The molecular weight excluding hydrogens is 659 g/mol. The minimum atomic E-state index is -0.587. The number of fused-ring (bicyclic) bond motifs is 6. The summed E-state index contributed by atoms with van der Waals surface area (Å²) in [6.07, 6.45) is 11.0. The van der Waals surface area contributed by atoms with Gasteiger partial charge >= 0.3 is 0 Å². The monoisotopic (exact) mass is 712 g/mol. The van der Waals surface area contributed by atoms with Gasteiger partial charge in [-0.1, -0.05) is 38.1 Å². The number of amides is 2. The highest BCUT2D eigenvalue weighted by Crippen LogP contribution is 2.66. The van der Waals surface area contributed by atoms with Gasteiger partial charge in [0.1, 0.15) is 5.82 Å². The minimum absolute atomic E-state index is 0.00325. The van der Waals surface area contributed by atoms with Crippen LogP contribution >= 0.6 is 0 Å². The highest BCUT2D eigenvalue weighted by molar-refractivity contribution is 5.95. The van der Waals surface area contributed by atoms with E-state index in [1.807, 2.05) is 12.1 Å².